The number of ether oxygens (including phenoxy) is 2. The van der Waals surface area contributed by atoms with Crippen molar-refractivity contribution in [3.05, 3.63) is 48.0 Å². The molecular formula is C23H26N4O3. The molecule has 1 aromatic heterocycles. The van der Waals surface area contributed by atoms with E-state index in [2.05, 4.69) is 28.2 Å². The van der Waals surface area contributed by atoms with Crippen LogP contribution in [-0.4, -0.2) is 37.4 Å². The van der Waals surface area contributed by atoms with Crippen molar-refractivity contribution in [2.75, 3.05) is 26.8 Å². The molecule has 0 bridgehead atoms. The number of carbonyl (C=O) groups is 1. The summed E-state index contributed by atoms with van der Waals surface area (Å²) in [6.07, 6.45) is 0. The lowest BCUT2D eigenvalue weighted by Crippen LogP contribution is -2.37. The number of benzene rings is 2. The van der Waals surface area contributed by atoms with Gasteiger partial charge < -0.3 is 24.7 Å². The van der Waals surface area contributed by atoms with Gasteiger partial charge in [0.2, 0.25) is 0 Å². The molecule has 156 valence electrons. The van der Waals surface area contributed by atoms with Crippen molar-refractivity contribution >= 4 is 16.9 Å². The summed E-state index contributed by atoms with van der Waals surface area (Å²) >= 11 is 0. The zero-order valence-electron chi connectivity index (χ0n) is 17.5. The number of hydrogen-bond acceptors (Lipinski definition) is 4. The van der Waals surface area contributed by atoms with E-state index in [-0.39, 0.29) is 6.03 Å². The van der Waals surface area contributed by atoms with Crippen molar-refractivity contribution in [1.29, 1.82) is 5.26 Å². The first-order valence-corrected chi connectivity index (χ1v) is 9.98. The molecular weight excluding hydrogens is 380 g/mol. The average Bonchev–Trinajstić information content (AvgIpc) is 3.09. The van der Waals surface area contributed by atoms with Crippen LogP contribution in [0, 0.1) is 11.3 Å². The minimum Gasteiger partial charge on any atom is -0.497 e. The number of fused-ring (bicyclic) bond motifs is 1. The molecule has 0 radical (unpaired) electrons. The van der Waals surface area contributed by atoms with Crippen LogP contribution in [0.3, 0.4) is 0 Å². The Balaban J connectivity index is 1.82. The van der Waals surface area contributed by atoms with Crippen LogP contribution in [0.25, 0.3) is 22.2 Å². The zero-order chi connectivity index (χ0) is 21.5. The van der Waals surface area contributed by atoms with Gasteiger partial charge in [0.1, 0.15) is 24.2 Å². The zero-order valence-corrected chi connectivity index (χ0v) is 17.5. The Bertz CT molecular complexity index is 1060. The molecule has 3 aromatic rings. The lowest BCUT2D eigenvalue weighted by molar-refractivity contribution is 0.237. The molecule has 7 heteroatoms. The molecule has 0 aliphatic heterocycles. The quantitative estimate of drug-likeness (QED) is 0.555. The Hall–Kier alpha value is -3.66. The number of nitrogens with zero attached hydrogens (tertiary/aromatic N) is 2. The Morgan fingerprint density at radius 1 is 1.10 bits per heavy atom. The topological polar surface area (TPSA) is 88.3 Å². The number of aryl methyl sites for hydroxylation is 1. The minimum atomic E-state index is -0.204. The van der Waals surface area contributed by atoms with Crippen molar-refractivity contribution in [2.45, 2.75) is 20.4 Å². The van der Waals surface area contributed by atoms with E-state index >= 15 is 0 Å². The highest BCUT2D eigenvalue weighted by Gasteiger charge is 2.18. The fourth-order valence-electron chi connectivity index (χ4n) is 3.46. The van der Waals surface area contributed by atoms with E-state index in [1.165, 1.54) is 0 Å². The van der Waals surface area contributed by atoms with Crippen molar-refractivity contribution < 1.29 is 14.3 Å². The van der Waals surface area contributed by atoms with Gasteiger partial charge in [-0.15, -0.1) is 0 Å². The SMILES string of the molecule is CCNC(=O)NCCOc1ccc(-c2c(C#N)c3ccc(OC)cc3n2CC)cc1. The predicted molar refractivity (Wildman–Crippen MR) is 117 cm³/mol. The van der Waals surface area contributed by atoms with Crippen molar-refractivity contribution in [3.8, 4) is 28.8 Å². The molecule has 7 nitrogen and oxygen atoms in total. The van der Waals surface area contributed by atoms with Gasteiger partial charge in [0.15, 0.2) is 0 Å². The van der Waals surface area contributed by atoms with Crippen LogP contribution in [0.4, 0.5) is 4.79 Å². The summed E-state index contributed by atoms with van der Waals surface area (Å²) in [4.78, 5) is 11.4. The van der Waals surface area contributed by atoms with Crippen LogP contribution in [0.2, 0.25) is 0 Å². The van der Waals surface area contributed by atoms with Crippen LogP contribution in [0.15, 0.2) is 42.5 Å². The molecule has 2 N–H and O–H groups in total. The fourth-order valence-corrected chi connectivity index (χ4v) is 3.46. The summed E-state index contributed by atoms with van der Waals surface area (Å²) in [5.74, 6) is 1.46. The monoisotopic (exact) mass is 406 g/mol. The third-order valence-corrected chi connectivity index (χ3v) is 4.82. The highest BCUT2D eigenvalue weighted by molar-refractivity contribution is 5.95. The number of urea groups is 1. The minimum absolute atomic E-state index is 0.204. The number of carbonyl (C=O) groups excluding carboxylic acids is 1. The normalized spacial score (nSPS) is 10.5. The summed E-state index contributed by atoms with van der Waals surface area (Å²) in [5, 5.41) is 16.1. The summed E-state index contributed by atoms with van der Waals surface area (Å²) in [6, 6.07) is 15.6. The van der Waals surface area contributed by atoms with Crippen LogP contribution in [0.1, 0.15) is 19.4 Å². The van der Waals surface area contributed by atoms with Gasteiger partial charge in [0.25, 0.3) is 0 Å². The van der Waals surface area contributed by atoms with Gasteiger partial charge in [-0.25, -0.2) is 4.79 Å². The first-order valence-electron chi connectivity index (χ1n) is 9.98. The first-order chi connectivity index (χ1) is 14.6. The highest BCUT2D eigenvalue weighted by atomic mass is 16.5. The van der Waals surface area contributed by atoms with E-state index in [1.807, 2.05) is 49.4 Å². The van der Waals surface area contributed by atoms with Gasteiger partial charge >= 0.3 is 6.03 Å². The second kappa shape index (κ2) is 9.70. The summed E-state index contributed by atoms with van der Waals surface area (Å²) in [7, 11) is 1.64. The summed E-state index contributed by atoms with van der Waals surface area (Å²) in [6.45, 7) is 6.02. The number of aromatic nitrogens is 1. The van der Waals surface area contributed by atoms with E-state index in [1.54, 1.807) is 7.11 Å². The Morgan fingerprint density at radius 2 is 1.83 bits per heavy atom. The van der Waals surface area contributed by atoms with Gasteiger partial charge in [-0.2, -0.15) is 5.26 Å². The molecule has 0 saturated carbocycles. The molecule has 0 fully saturated rings. The number of methoxy groups -OCH3 is 1. The van der Waals surface area contributed by atoms with E-state index < -0.39 is 0 Å². The third kappa shape index (κ3) is 4.33. The van der Waals surface area contributed by atoms with E-state index in [0.717, 1.165) is 34.5 Å². The maximum absolute atomic E-state index is 11.4. The molecule has 0 unspecified atom stereocenters. The van der Waals surface area contributed by atoms with Crippen molar-refractivity contribution in [2.24, 2.45) is 0 Å². The van der Waals surface area contributed by atoms with Crippen LogP contribution in [0.5, 0.6) is 11.5 Å². The highest BCUT2D eigenvalue weighted by Crippen LogP contribution is 2.35. The molecule has 0 spiro atoms. The first kappa shape index (κ1) is 21.1. The number of hydrogen-bond donors (Lipinski definition) is 2. The number of amides is 2. The van der Waals surface area contributed by atoms with Crippen molar-refractivity contribution in [1.82, 2.24) is 15.2 Å². The molecule has 0 aliphatic rings. The van der Waals surface area contributed by atoms with Crippen LogP contribution < -0.4 is 20.1 Å². The molecule has 0 atom stereocenters. The van der Waals surface area contributed by atoms with Crippen molar-refractivity contribution in [3.63, 3.8) is 0 Å². The van der Waals surface area contributed by atoms with Gasteiger partial charge in [-0.1, -0.05) is 0 Å². The van der Waals surface area contributed by atoms with E-state index in [9.17, 15) is 10.1 Å². The smallest absolute Gasteiger partial charge is 0.314 e. The average molecular weight is 406 g/mol. The third-order valence-electron chi connectivity index (χ3n) is 4.82. The van der Waals surface area contributed by atoms with E-state index in [0.29, 0.717) is 31.0 Å². The summed E-state index contributed by atoms with van der Waals surface area (Å²) in [5.41, 5.74) is 3.44. The van der Waals surface area contributed by atoms with Gasteiger partial charge in [-0.05, 0) is 55.8 Å². The van der Waals surface area contributed by atoms with E-state index in [4.69, 9.17) is 9.47 Å². The maximum Gasteiger partial charge on any atom is 0.314 e. The standard InChI is InChI=1S/C23H26N4O3/c1-4-25-23(28)26-12-13-30-17-8-6-16(7-9-17)22-20(15-24)19-11-10-18(29-3)14-21(19)27(22)5-2/h6-11,14H,4-5,12-13H2,1-3H3,(H2,25,26,28). The number of nitriles is 1. The lowest BCUT2D eigenvalue weighted by Gasteiger charge is -2.11. The van der Waals surface area contributed by atoms with Gasteiger partial charge in [-0.3, -0.25) is 0 Å². The molecule has 0 saturated heterocycles. The second-order valence-corrected chi connectivity index (χ2v) is 6.62. The van der Waals surface area contributed by atoms with Gasteiger partial charge in [0, 0.05) is 24.5 Å². The summed E-state index contributed by atoms with van der Waals surface area (Å²) < 4.78 is 13.2. The Morgan fingerprint density at radius 3 is 2.47 bits per heavy atom. The van der Waals surface area contributed by atoms with Crippen LogP contribution in [-0.2, 0) is 6.54 Å². The molecule has 1 heterocycles. The van der Waals surface area contributed by atoms with Crippen LogP contribution >= 0.6 is 0 Å². The van der Waals surface area contributed by atoms with Gasteiger partial charge in [0.05, 0.1) is 30.4 Å². The number of nitrogens with one attached hydrogen (secondary N) is 2. The molecule has 0 aliphatic carbocycles. The molecule has 2 amide bonds. The maximum atomic E-state index is 11.4. The Kier molecular flexibility index (Phi) is 6.81. The second-order valence-electron chi connectivity index (χ2n) is 6.62. The lowest BCUT2D eigenvalue weighted by atomic mass is 10.1. The molecule has 30 heavy (non-hydrogen) atoms. The number of rotatable bonds is 8. The molecule has 3 rings (SSSR count). The molecule has 2 aromatic carbocycles. The predicted octanol–water partition coefficient (Wildman–Crippen LogP) is 3.91. The largest absolute Gasteiger partial charge is 0.497 e. The fraction of sp³-hybridized carbons (Fsp3) is 0.304. The Labute approximate surface area is 176 Å².